The Bertz CT molecular complexity index is 1370. The second kappa shape index (κ2) is 13.8. The summed E-state index contributed by atoms with van der Waals surface area (Å²) in [6.45, 7) is 8.12. The van der Waals surface area contributed by atoms with E-state index in [4.69, 9.17) is 0 Å². The van der Waals surface area contributed by atoms with Gasteiger partial charge in [0, 0.05) is 62.6 Å². The van der Waals surface area contributed by atoms with Gasteiger partial charge in [-0.25, -0.2) is 5.43 Å². The maximum atomic E-state index is 13.2. The summed E-state index contributed by atoms with van der Waals surface area (Å²) in [7, 11) is 0. The fourth-order valence-electron chi connectivity index (χ4n) is 5.74. The van der Waals surface area contributed by atoms with Crippen LogP contribution in [-0.4, -0.2) is 91.2 Å². The van der Waals surface area contributed by atoms with E-state index in [0.717, 1.165) is 69.1 Å². The van der Waals surface area contributed by atoms with Crippen molar-refractivity contribution in [2.75, 3.05) is 56.0 Å². The van der Waals surface area contributed by atoms with Gasteiger partial charge in [-0.2, -0.15) is 0 Å². The van der Waals surface area contributed by atoms with E-state index in [1.165, 1.54) is 0 Å². The number of hydrazine groups is 1. The molecule has 4 N–H and O–H groups in total. The molecular formula is C31H39N7O5. The number of fused-ring (bicyclic) bond motifs is 1. The largest absolute Gasteiger partial charge is 0.384 e. The van der Waals surface area contributed by atoms with Crippen molar-refractivity contribution in [3.05, 3.63) is 59.2 Å². The number of piperidine rings is 1. The molecule has 1 unspecified atom stereocenters. The molecule has 0 aliphatic carbocycles. The predicted molar refractivity (Wildman–Crippen MR) is 162 cm³/mol. The molecule has 0 aromatic heterocycles. The Balaban J connectivity index is 1.04. The number of anilines is 2. The van der Waals surface area contributed by atoms with Crippen molar-refractivity contribution in [3.8, 4) is 0 Å². The van der Waals surface area contributed by atoms with Gasteiger partial charge >= 0.3 is 0 Å². The Morgan fingerprint density at radius 1 is 0.930 bits per heavy atom. The van der Waals surface area contributed by atoms with E-state index < -0.39 is 29.7 Å². The molecule has 1 atom stereocenters. The topological polar surface area (TPSA) is 143 Å². The summed E-state index contributed by atoms with van der Waals surface area (Å²) < 4.78 is 0. The number of unbranched alkanes of at least 4 members (excludes halogenated alkanes) is 1. The van der Waals surface area contributed by atoms with Crippen LogP contribution in [0.15, 0.2) is 42.5 Å². The van der Waals surface area contributed by atoms with Crippen LogP contribution < -0.4 is 26.4 Å². The van der Waals surface area contributed by atoms with Crippen LogP contribution in [0.3, 0.4) is 0 Å². The smallest absolute Gasteiger partial charge is 0.265 e. The van der Waals surface area contributed by atoms with Gasteiger partial charge in [-0.05, 0) is 68.6 Å². The van der Waals surface area contributed by atoms with Gasteiger partial charge in [-0.15, -0.1) is 0 Å². The first-order valence-electron chi connectivity index (χ1n) is 15.1. The van der Waals surface area contributed by atoms with Crippen LogP contribution in [0.5, 0.6) is 0 Å². The fraction of sp³-hybridized carbons (Fsp3) is 0.452. The minimum absolute atomic E-state index is 0.0918. The van der Waals surface area contributed by atoms with Crippen LogP contribution in [-0.2, 0) is 9.59 Å². The van der Waals surface area contributed by atoms with Crippen molar-refractivity contribution in [1.29, 1.82) is 0 Å². The van der Waals surface area contributed by atoms with E-state index in [0.29, 0.717) is 17.8 Å². The molecule has 12 nitrogen and oxygen atoms in total. The van der Waals surface area contributed by atoms with E-state index in [2.05, 4.69) is 31.3 Å². The number of amides is 5. The molecule has 0 radical (unpaired) electrons. The maximum absolute atomic E-state index is 13.2. The quantitative estimate of drug-likeness (QED) is 0.165. The van der Waals surface area contributed by atoms with Gasteiger partial charge in [-0.3, -0.25) is 44.5 Å². The molecule has 43 heavy (non-hydrogen) atoms. The third kappa shape index (κ3) is 6.86. The van der Waals surface area contributed by atoms with Crippen molar-refractivity contribution in [2.45, 2.75) is 45.1 Å². The highest BCUT2D eigenvalue weighted by Gasteiger charge is 2.45. The van der Waals surface area contributed by atoms with Gasteiger partial charge in [0.25, 0.3) is 17.7 Å². The van der Waals surface area contributed by atoms with Crippen molar-refractivity contribution >= 4 is 40.9 Å². The number of carbonyl (C=O) groups excluding carboxylic acids is 5. The van der Waals surface area contributed by atoms with Crippen LogP contribution >= 0.6 is 0 Å². The molecule has 3 aliphatic rings. The molecule has 228 valence electrons. The molecular weight excluding hydrogens is 550 g/mol. The number of nitrogens with one attached hydrogen (secondary N) is 4. The maximum Gasteiger partial charge on any atom is 0.265 e. The first-order chi connectivity index (χ1) is 20.9. The van der Waals surface area contributed by atoms with Gasteiger partial charge < -0.3 is 10.2 Å². The average molecular weight is 590 g/mol. The zero-order valence-electron chi connectivity index (χ0n) is 24.5. The molecule has 2 aromatic rings. The molecule has 2 fully saturated rings. The van der Waals surface area contributed by atoms with Crippen LogP contribution in [0.1, 0.15) is 70.1 Å². The standard InChI is InChI=1S/C31H39N7O5/c1-2-14-33-35-28(40)21-8-10-22(11-9-21)37-19-17-36(18-20-37)16-4-3-15-32-24-7-5-6-23-27(24)31(43)38(30(23)42)25-12-13-26(39)34-29(25)41/h5-11,25,32-33H,2-4,12-20H2,1H3,(H,35,40)(H,34,39,41). The van der Waals surface area contributed by atoms with Crippen molar-refractivity contribution in [3.63, 3.8) is 0 Å². The average Bonchev–Trinajstić information content (AvgIpc) is 3.27. The van der Waals surface area contributed by atoms with Gasteiger partial charge in [-0.1, -0.05) is 13.0 Å². The molecule has 12 heteroatoms. The van der Waals surface area contributed by atoms with Crippen LogP contribution in [0.4, 0.5) is 11.4 Å². The van der Waals surface area contributed by atoms with E-state index >= 15 is 0 Å². The van der Waals surface area contributed by atoms with E-state index in [-0.39, 0.29) is 29.9 Å². The Morgan fingerprint density at radius 3 is 2.42 bits per heavy atom. The monoisotopic (exact) mass is 589 g/mol. The zero-order chi connectivity index (χ0) is 30.3. The molecule has 0 bridgehead atoms. The normalized spacial score (nSPS) is 19.0. The summed E-state index contributed by atoms with van der Waals surface area (Å²) >= 11 is 0. The minimum Gasteiger partial charge on any atom is -0.384 e. The summed E-state index contributed by atoms with van der Waals surface area (Å²) in [6.07, 6.45) is 3.04. The molecule has 2 saturated heterocycles. The van der Waals surface area contributed by atoms with Gasteiger partial charge in [0.1, 0.15) is 6.04 Å². The minimum atomic E-state index is -0.975. The number of nitrogens with zero attached hydrogens (tertiary/aromatic N) is 3. The number of hydrogen-bond donors (Lipinski definition) is 4. The predicted octanol–water partition coefficient (Wildman–Crippen LogP) is 1.75. The lowest BCUT2D eigenvalue weighted by atomic mass is 10.0. The summed E-state index contributed by atoms with van der Waals surface area (Å²) in [6, 6.07) is 11.8. The highest BCUT2D eigenvalue weighted by Crippen LogP contribution is 2.32. The van der Waals surface area contributed by atoms with Crippen LogP contribution in [0.2, 0.25) is 0 Å². The lowest BCUT2D eigenvalue weighted by molar-refractivity contribution is -0.136. The van der Waals surface area contributed by atoms with Gasteiger partial charge in [0.15, 0.2) is 0 Å². The van der Waals surface area contributed by atoms with Gasteiger partial charge in [0.05, 0.1) is 11.1 Å². The first-order valence-corrected chi connectivity index (χ1v) is 15.1. The second-order valence-corrected chi connectivity index (χ2v) is 11.1. The Morgan fingerprint density at radius 2 is 1.70 bits per heavy atom. The Kier molecular flexibility index (Phi) is 9.68. The molecule has 3 heterocycles. The number of piperazine rings is 1. The fourth-order valence-corrected chi connectivity index (χ4v) is 5.74. The van der Waals surface area contributed by atoms with E-state index in [1.807, 2.05) is 31.2 Å². The second-order valence-electron chi connectivity index (χ2n) is 11.1. The van der Waals surface area contributed by atoms with E-state index in [1.54, 1.807) is 18.2 Å². The summed E-state index contributed by atoms with van der Waals surface area (Å²) in [4.78, 5) is 68.1. The highest BCUT2D eigenvalue weighted by molar-refractivity contribution is 6.25. The third-order valence-electron chi connectivity index (χ3n) is 8.13. The summed E-state index contributed by atoms with van der Waals surface area (Å²) in [5, 5.41) is 5.54. The molecule has 3 aliphatic heterocycles. The third-order valence-corrected chi connectivity index (χ3v) is 8.13. The SMILES string of the molecule is CCCNNC(=O)c1ccc(N2CCN(CCCCNc3cccc4c3C(=O)N(C3CCC(=O)NC3=O)C4=O)CC2)cc1. The van der Waals surface area contributed by atoms with Crippen molar-refractivity contribution < 1.29 is 24.0 Å². The molecule has 2 aromatic carbocycles. The zero-order valence-corrected chi connectivity index (χ0v) is 24.5. The first kappa shape index (κ1) is 30.2. The molecule has 5 amide bonds. The Labute approximate surface area is 251 Å². The van der Waals surface area contributed by atoms with Crippen LogP contribution in [0, 0.1) is 0 Å². The van der Waals surface area contributed by atoms with Crippen molar-refractivity contribution in [1.82, 2.24) is 26.0 Å². The van der Waals surface area contributed by atoms with E-state index in [9.17, 15) is 24.0 Å². The summed E-state index contributed by atoms with van der Waals surface area (Å²) in [5.74, 6) is -2.14. The number of benzene rings is 2. The molecule has 0 spiro atoms. The molecule has 0 saturated carbocycles. The lowest BCUT2D eigenvalue weighted by Crippen LogP contribution is -2.54. The Hall–Kier alpha value is -4.29. The number of imide groups is 2. The van der Waals surface area contributed by atoms with Crippen molar-refractivity contribution in [2.24, 2.45) is 0 Å². The molecule has 5 rings (SSSR count). The number of rotatable bonds is 12. The number of hydrogen-bond acceptors (Lipinski definition) is 9. The van der Waals surface area contributed by atoms with Gasteiger partial charge in [0.2, 0.25) is 11.8 Å². The summed E-state index contributed by atoms with van der Waals surface area (Å²) in [5.41, 5.74) is 8.50. The lowest BCUT2D eigenvalue weighted by Gasteiger charge is -2.36. The van der Waals surface area contributed by atoms with Crippen LogP contribution in [0.25, 0.3) is 0 Å². The highest BCUT2D eigenvalue weighted by atomic mass is 16.2. The number of carbonyl (C=O) groups is 5.